The molecular formula is C72H130O6. The van der Waals surface area contributed by atoms with Gasteiger partial charge in [0.05, 0.1) is 0 Å². The Hall–Kier alpha value is -2.89. The fourth-order valence-corrected chi connectivity index (χ4v) is 10.2. The summed E-state index contributed by atoms with van der Waals surface area (Å²) in [5.74, 6) is -0.857. The highest BCUT2D eigenvalue weighted by Gasteiger charge is 2.19. The van der Waals surface area contributed by atoms with E-state index in [1.807, 2.05) is 0 Å². The second-order valence-corrected chi connectivity index (χ2v) is 23.1. The van der Waals surface area contributed by atoms with Gasteiger partial charge in [-0.05, 0) is 64.2 Å². The summed E-state index contributed by atoms with van der Waals surface area (Å²) in [4.78, 5) is 38.4. The summed E-state index contributed by atoms with van der Waals surface area (Å²) >= 11 is 0. The second-order valence-electron chi connectivity index (χ2n) is 23.1. The van der Waals surface area contributed by atoms with Gasteiger partial charge in [0, 0.05) is 19.3 Å². The van der Waals surface area contributed by atoms with Gasteiger partial charge in [-0.15, -0.1) is 0 Å². The second kappa shape index (κ2) is 66.6. The molecule has 0 amide bonds. The van der Waals surface area contributed by atoms with Crippen LogP contribution in [0.25, 0.3) is 0 Å². The van der Waals surface area contributed by atoms with E-state index in [0.717, 1.165) is 96.3 Å². The van der Waals surface area contributed by atoms with Crippen molar-refractivity contribution in [3.8, 4) is 0 Å². The van der Waals surface area contributed by atoms with E-state index in [-0.39, 0.29) is 31.1 Å². The molecule has 454 valence electrons. The molecule has 0 aliphatic heterocycles. The van der Waals surface area contributed by atoms with Crippen molar-refractivity contribution >= 4 is 17.9 Å². The summed E-state index contributed by atoms with van der Waals surface area (Å²) in [7, 11) is 0. The van der Waals surface area contributed by atoms with Gasteiger partial charge in [-0.2, -0.15) is 0 Å². The van der Waals surface area contributed by atoms with Crippen LogP contribution in [0.15, 0.2) is 60.8 Å². The van der Waals surface area contributed by atoms with Crippen molar-refractivity contribution in [1.82, 2.24) is 0 Å². The van der Waals surface area contributed by atoms with Crippen molar-refractivity contribution in [2.75, 3.05) is 13.2 Å². The van der Waals surface area contributed by atoms with E-state index in [1.54, 1.807) is 0 Å². The van der Waals surface area contributed by atoms with Gasteiger partial charge in [-0.3, -0.25) is 14.4 Å². The van der Waals surface area contributed by atoms with E-state index >= 15 is 0 Å². The first-order valence-electron chi connectivity index (χ1n) is 34.3. The Kier molecular flexibility index (Phi) is 64.2. The van der Waals surface area contributed by atoms with Crippen LogP contribution in [0.1, 0.15) is 361 Å². The third kappa shape index (κ3) is 63.9. The van der Waals surface area contributed by atoms with Gasteiger partial charge in [-0.1, -0.05) is 338 Å². The summed E-state index contributed by atoms with van der Waals surface area (Å²) < 4.78 is 17.0. The van der Waals surface area contributed by atoms with Crippen LogP contribution in [0.2, 0.25) is 0 Å². The van der Waals surface area contributed by atoms with Crippen LogP contribution in [0.5, 0.6) is 0 Å². The first kappa shape index (κ1) is 75.1. The van der Waals surface area contributed by atoms with Gasteiger partial charge in [0.15, 0.2) is 6.10 Å². The molecule has 1 atom stereocenters. The summed E-state index contributed by atoms with van der Waals surface area (Å²) in [5, 5.41) is 0. The zero-order valence-corrected chi connectivity index (χ0v) is 52.2. The highest BCUT2D eigenvalue weighted by molar-refractivity contribution is 5.71. The zero-order chi connectivity index (χ0) is 56.4. The predicted octanol–water partition coefficient (Wildman–Crippen LogP) is 23.5. The van der Waals surface area contributed by atoms with E-state index < -0.39 is 6.10 Å². The summed E-state index contributed by atoms with van der Waals surface area (Å²) in [5.41, 5.74) is 0. The average Bonchev–Trinajstić information content (AvgIpc) is 3.44. The Morgan fingerprint density at radius 1 is 0.269 bits per heavy atom. The molecular weight excluding hydrogens is 961 g/mol. The smallest absolute Gasteiger partial charge is 0.306 e. The molecule has 0 saturated carbocycles. The van der Waals surface area contributed by atoms with Crippen molar-refractivity contribution in [1.29, 1.82) is 0 Å². The fraction of sp³-hybridized carbons (Fsp3) is 0.819. The highest BCUT2D eigenvalue weighted by Crippen LogP contribution is 2.18. The number of rotatable bonds is 63. The Bertz CT molecular complexity index is 1390. The molecule has 0 saturated heterocycles. The molecule has 0 N–H and O–H groups in total. The topological polar surface area (TPSA) is 78.9 Å². The first-order chi connectivity index (χ1) is 38.5. The van der Waals surface area contributed by atoms with Gasteiger partial charge < -0.3 is 14.2 Å². The normalized spacial score (nSPS) is 12.4. The zero-order valence-electron chi connectivity index (χ0n) is 52.2. The molecule has 0 heterocycles. The highest BCUT2D eigenvalue weighted by atomic mass is 16.6. The molecule has 0 radical (unpaired) electrons. The molecule has 78 heavy (non-hydrogen) atoms. The standard InChI is InChI=1S/C72H130O6/c1-4-7-10-13-16-19-22-25-28-31-33-35-36-37-39-41-44-47-50-53-56-59-62-65-71(74)77-68-69(67-76-70(73)64-61-58-55-52-49-46-43-40-30-27-24-21-18-15-12-9-6-3)78-72(75)66-63-60-57-54-51-48-45-42-38-34-32-29-26-23-20-17-14-11-8-5-2/h7,10,16,19,25,28,33,35,37,39,69H,4-6,8-9,11-15,17-18,20-24,26-27,29-32,34,36,38,40-68H2,1-3H3/b10-7-,19-16-,28-25-,35-33-,39-37-. The van der Waals surface area contributed by atoms with Gasteiger partial charge >= 0.3 is 17.9 Å². The van der Waals surface area contributed by atoms with Crippen molar-refractivity contribution in [3.05, 3.63) is 60.8 Å². The lowest BCUT2D eigenvalue weighted by Crippen LogP contribution is -2.30. The average molecular weight is 1090 g/mol. The Balaban J connectivity index is 4.35. The molecule has 0 aromatic rings. The van der Waals surface area contributed by atoms with Gasteiger partial charge in [0.1, 0.15) is 13.2 Å². The summed E-state index contributed by atoms with van der Waals surface area (Å²) in [6.45, 7) is 6.59. The monoisotopic (exact) mass is 1090 g/mol. The number of esters is 3. The van der Waals surface area contributed by atoms with Crippen LogP contribution in [0.4, 0.5) is 0 Å². The minimum atomic E-state index is -0.777. The largest absolute Gasteiger partial charge is 0.462 e. The lowest BCUT2D eigenvalue weighted by atomic mass is 10.0. The molecule has 1 unspecified atom stereocenters. The number of allylic oxidation sites excluding steroid dienone is 10. The van der Waals surface area contributed by atoms with Crippen LogP contribution >= 0.6 is 0 Å². The van der Waals surface area contributed by atoms with E-state index in [9.17, 15) is 14.4 Å². The maximum Gasteiger partial charge on any atom is 0.306 e. The SMILES string of the molecule is CC/C=C\C/C=C\C/C=C\C/C=C\C/C=C\CCCCCCCCCC(=O)OCC(COC(=O)CCCCCCCCCCCCCCCCCCC)OC(=O)CCCCCCCCCCCCCCCCCCCCCC. The minimum absolute atomic E-state index is 0.0723. The number of carbonyl (C=O) groups is 3. The predicted molar refractivity (Wildman–Crippen MR) is 339 cm³/mol. The van der Waals surface area contributed by atoms with E-state index in [4.69, 9.17) is 14.2 Å². The molecule has 0 aromatic heterocycles. The van der Waals surface area contributed by atoms with Crippen LogP contribution in [-0.2, 0) is 28.6 Å². The quantitative estimate of drug-likeness (QED) is 0.0261. The van der Waals surface area contributed by atoms with Gasteiger partial charge in [0.2, 0.25) is 0 Å². The molecule has 0 aliphatic carbocycles. The Morgan fingerprint density at radius 3 is 0.782 bits per heavy atom. The molecule has 0 bridgehead atoms. The Morgan fingerprint density at radius 2 is 0.500 bits per heavy atom. The minimum Gasteiger partial charge on any atom is -0.462 e. The van der Waals surface area contributed by atoms with Crippen LogP contribution < -0.4 is 0 Å². The van der Waals surface area contributed by atoms with E-state index in [0.29, 0.717) is 19.3 Å². The molecule has 6 heteroatoms. The van der Waals surface area contributed by atoms with E-state index in [1.165, 1.54) is 225 Å². The van der Waals surface area contributed by atoms with Crippen LogP contribution in [-0.4, -0.2) is 37.2 Å². The third-order valence-corrected chi connectivity index (χ3v) is 15.3. The molecule has 6 nitrogen and oxygen atoms in total. The fourth-order valence-electron chi connectivity index (χ4n) is 10.2. The number of ether oxygens (including phenoxy) is 3. The molecule has 0 fully saturated rings. The number of unbranched alkanes of at least 4 members (excludes halogenated alkanes) is 42. The van der Waals surface area contributed by atoms with Crippen LogP contribution in [0.3, 0.4) is 0 Å². The van der Waals surface area contributed by atoms with Crippen molar-refractivity contribution < 1.29 is 28.6 Å². The molecule has 0 rings (SSSR count). The Labute approximate surface area is 485 Å². The third-order valence-electron chi connectivity index (χ3n) is 15.3. The summed E-state index contributed by atoms with van der Waals surface area (Å²) in [6.07, 6.45) is 85.2. The van der Waals surface area contributed by atoms with Crippen molar-refractivity contribution in [3.63, 3.8) is 0 Å². The molecule has 0 aliphatic rings. The molecule has 0 aromatic carbocycles. The van der Waals surface area contributed by atoms with Gasteiger partial charge in [-0.25, -0.2) is 0 Å². The van der Waals surface area contributed by atoms with E-state index in [2.05, 4.69) is 81.5 Å². The van der Waals surface area contributed by atoms with Crippen LogP contribution in [0, 0.1) is 0 Å². The maximum atomic E-state index is 13.0. The van der Waals surface area contributed by atoms with Crippen molar-refractivity contribution in [2.45, 2.75) is 367 Å². The molecule has 0 spiro atoms. The lowest BCUT2D eigenvalue weighted by Gasteiger charge is -2.18. The van der Waals surface area contributed by atoms with Crippen molar-refractivity contribution in [2.24, 2.45) is 0 Å². The number of hydrogen-bond acceptors (Lipinski definition) is 6. The lowest BCUT2D eigenvalue weighted by molar-refractivity contribution is -0.167. The first-order valence-corrected chi connectivity index (χ1v) is 34.3. The van der Waals surface area contributed by atoms with Gasteiger partial charge in [0.25, 0.3) is 0 Å². The maximum absolute atomic E-state index is 13.0. The number of carbonyl (C=O) groups excluding carboxylic acids is 3. The summed E-state index contributed by atoms with van der Waals surface area (Å²) in [6, 6.07) is 0. The number of hydrogen-bond donors (Lipinski definition) is 0.